The number of aromatic nitrogens is 3. The molecule has 164 valence electrons. The van der Waals surface area contributed by atoms with Crippen LogP contribution in [0.5, 0.6) is 0 Å². The highest BCUT2D eigenvalue weighted by Crippen LogP contribution is 2.38. The van der Waals surface area contributed by atoms with Gasteiger partial charge in [-0.05, 0) is 31.5 Å². The lowest BCUT2D eigenvalue weighted by atomic mass is 10.0. The van der Waals surface area contributed by atoms with Crippen molar-refractivity contribution in [2.45, 2.75) is 26.4 Å². The van der Waals surface area contributed by atoms with E-state index in [9.17, 15) is 14.7 Å². The molecule has 2 heterocycles. The maximum absolute atomic E-state index is 13.3. The van der Waals surface area contributed by atoms with E-state index in [0.29, 0.717) is 17.6 Å². The molecule has 5 rings (SSSR count). The fraction of sp³-hybridized carbons (Fsp3) is 0.148. The van der Waals surface area contributed by atoms with E-state index in [2.05, 4.69) is 0 Å². The zero-order valence-electron chi connectivity index (χ0n) is 18.4. The molecule has 2 aromatic heterocycles. The second-order valence-corrected chi connectivity index (χ2v) is 8.20. The van der Waals surface area contributed by atoms with Crippen molar-refractivity contribution in [3.8, 4) is 11.3 Å². The Kier molecular flexibility index (Phi) is 5.05. The second-order valence-electron chi connectivity index (χ2n) is 8.20. The van der Waals surface area contributed by atoms with Crippen molar-refractivity contribution in [1.29, 1.82) is 0 Å². The Morgan fingerprint density at radius 2 is 1.52 bits per heavy atom. The molecular weight excluding hydrogens is 414 g/mol. The minimum absolute atomic E-state index is 0.154. The molecule has 1 N–H and O–H groups in total. The fourth-order valence-electron chi connectivity index (χ4n) is 4.58. The van der Waals surface area contributed by atoms with Gasteiger partial charge in [0.25, 0.3) is 5.56 Å². The van der Waals surface area contributed by atoms with Crippen molar-refractivity contribution in [3.05, 3.63) is 100 Å². The largest absolute Gasteiger partial charge is 0.480 e. The summed E-state index contributed by atoms with van der Waals surface area (Å²) >= 11 is 0. The van der Waals surface area contributed by atoms with Gasteiger partial charge >= 0.3 is 5.97 Å². The van der Waals surface area contributed by atoms with Crippen LogP contribution in [0.3, 0.4) is 0 Å². The summed E-state index contributed by atoms with van der Waals surface area (Å²) in [5.41, 5.74) is 3.97. The zero-order chi connectivity index (χ0) is 23.1. The van der Waals surface area contributed by atoms with E-state index in [1.807, 2.05) is 90.4 Å². The van der Waals surface area contributed by atoms with Crippen LogP contribution < -0.4 is 5.56 Å². The molecule has 0 spiro atoms. The molecule has 0 saturated heterocycles. The van der Waals surface area contributed by atoms with E-state index in [-0.39, 0.29) is 5.56 Å². The smallest absolute Gasteiger partial charge is 0.326 e. The van der Waals surface area contributed by atoms with Gasteiger partial charge in [-0.25, -0.2) is 9.48 Å². The van der Waals surface area contributed by atoms with Crippen LogP contribution >= 0.6 is 0 Å². The van der Waals surface area contributed by atoms with Crippen molar-refractivity contribution in [1.82, 2.24) is 14.3 Å². The summed E-state index contributed by atoms with van der Waals surface area (Å²) in [4.78, 5) is 25.2. The molecule has 0 bridgehead atoms. The minimum Gasteiger partial charge on any atom is -0.480 e. The predicted molar refractivity (Wildman–Crippen MR) is 130 cm³/mol. The molecule has 6 heteroatoms. The van der Waals surface area contributed by atoms with E-state index in [1.54, 1.807) is 6.92 Å². The maximum Gasteiger partial charge on any atom is 0.326 e. The topological polar surface area (TPSA) is 77.1 Å². The molecule has 3 aromatic carbocycles. The van der Waals surface area contributed by atoms with Gasteiger partial charge < -0.3 is 9.67 Å². The average Bonchev–Trinajstić information content (AvgIpc) is 3.12. The van der Waals surface area contributed by atoms with E-state index in [0.717, 1.165) is 33.1 Å². The number of nitrogens with zero attached hydrogens (tertiary/aromatic N) is 3. The Bertz CT molecular complexity index is 1560. The molecule has 0 saturated carbocycles. The van der Waals surface area contributed by atoms with Crippen molar-refractivity contribution < 1.29 is 9.90 Å². The molecule has 0 amide bonds. The molecule has 5 aromatic rings. The lowest BCUT2D eigenvalue weighted by molar-refractivity contribution is -0.140. The Balaban J connectivity index is 1.84. The molecule has 6 nitrogen and oxygen atoms in total. The standard InChI is InChI=1S/C27H23N3O3/c1-17-24(22-14-8-9-15-23(22)30(17)18(2)27(32)33)25-20-12-6-7-13-21(20)26(31)29(28-25)16-19-10-4-3-5-11-19/h3-15,18H,16H2,1-2H3,(H,32,33). The van der Waals surface area contributed by atoms with E-state index >= 15 is 0 Å². The van der Waals surface area contributed by atoms with Crippen molar-refractivity contribution in [3.63, 3.8) is 0 Å². The molecule has 1 unspecified atom stereocenters. The van der Waals surface area contributed by atoms with Gasteiger partial charge in [0, 0.05) is 27.5 Å². The van der Waals surface area contributed by atoms with Crippen LogP contribution in [-0.4, -0.2) is 25.4 Å². The first-order valence-corrected chi connectivity index (χ1v) is 10.8. The third-order valence-electron chi connectivity index (χ3n) is 6.18. The SMILES string of the molecule is Cc1c(-c2nn(Cc3ccccc3)c(=O)c3ccccc23)c2ccccc2n1C(C)C(=O)O. The third kappa shape index (κ3) is 3.40. The summed E-state index contributed by atoms with van der Waals surface area (Å²) < 4.78 is 3.33. The number of carboxylic acids is 1. The number of carbonyl (C=O) groups is 1. The Hall–Kier alpha value is -4.19. The number of benzene rings is 3. The van der Waals surface area contributed by atoms with Gasteiger partial charge in [-0.2, -0.15) is 5.10 Å². The first-order valence-electron chi connectivity index (χ1n) is 10.8. The highest BCUT2D eigenvalue weighted by atomic mass is 16.4. The summed E-state index contributed by atoms with van der Waals surface area (Å²) in [6, 6.07) is 24.2. The quantitative estimate of drug-likeness (QED) is 0.419. The molecule has 0 aliphatic heterocycles. The molecular formula is C27H23N3O3. The Morgan fingerprint density at radius 1 is 0.909 bits per heavy atom. The number of rotatable bonds is 5. The lowest BCUT2D eigenvalue weighted by Gasteiger charge is -2.14. The van der Waals surface area contributed by atoms with Crippen LogP contribution in [0.4, 0.5) is 0 Å². The number of para-hydroxylation sites is 1. The summed E-state index contributed by atoms with van der Waals surface area (Å²) in [6.45, 7) is 3.94. The first kappa shape index (κ1) is 20.7. The van der Waals surface area contributed by atoms with Gasteiger partial charge in [-0.1, -0.05) is 66.7 Å². The fourth-order valence-corrected chi connectivity index (χ4v) is 4.58. The Labute approximate surface area is 190 Å². The van der Waals surface area contributed by atoms with Crippen molar-refractivity contribution in [2.75, 3.05) is 0 Å². The van der Waals surface area contributed by atoms with Gasteiger partial charge in [-0.3, -0.25) is 4.79 Å². The summed E-state index contributed by atoms with van der Waals surface area (Å²) in [5.74, 6) is -0.905. The summed E-state index contributed by atoms with van der Waals surface area (Å²) in [6.07, 6.45) is 0. The van der Waals surface area contributed by atoms with Crippen LogP contribution in [0, 0.1) is 6.92 Å². The third-order valence-corrected chi connectivity index (χ3v) is 6.18. The molecule has 0 radical (unpaired) electrons. The minimum atomic E-state index is -0.905. The number of hydrogen-bond acceptors (Lipinski definition) is 3. The number of hydrogen-bond donors (Lipinski definition) is 1. The predicted octanol–water partition coefficient (Wildman–Crippen LogP) is 5.02. The van der Waals surface area contributed by atoms with Crippen LogP contribution in [0.15, 0.2) is 83.7 Å². The first-order chi connectivity index (χ1) is 16.0. The summed E-state index contributed by atoms with van der Waals surface area (Å²) in [5, 5.41) is 16.8. The number of fused-ring (bicyclic) bond motifs is 2. The normalized spacial score (nSPS) is 12.3. The molecule has 0 aliphatic carbocycles. The van der Waals surface area contributed by atoms with Gasteiger partial charge in [0.2, 0.25) is 0 Å². The number of carboxylic acid groups (broad SMARTS) is 1. The van der Waals surface area contributed by atoms with Crippen molar-refractivity contribution in [2.24, 2.45) is 0 Å². The lowest BCUT2D eigenvalue weighted by Crippen LogP contribution is -2.24. The van der Waals surface area contributed by atoms with Crippen LogP contribution in [0.25, 0.3) is 32.9 Å². The number of aliphatic carboxylic acids is 1. The van der Waals surface area contributed by atoms with Gasteiger partial charge in [-0.15, -0.1) is 0 Å². The average molecular weight is 437 g/mol. The van der Waals surface area contributed by atoms with Crippen LogP contribution in [-0.2, 0) is 11.3 Å². The second kappa shape index (κ2) is 8.06. The van der Waals surface area contributed by atoms with Crippen LogP contribution in [0.1, 0.15) is 24.2 Å². The van der Waals surface area contributed by atoms with E-state index in [1.165, 1.54) is 4.68 Å². The van der Waals surface area contributed by atoms with Crippen molar-refractivity contribution >= 4 is 27.6 Å². The van der Waals surface area contributed by atoms with Gasteiger partial charge in [0.15, 0.2) is 0 Å². The molecule has 33 heavy (non-hydrogen) atoms. The monoisotopic (exact) mass is 437 g/mol. The van der Waals surface area contributed by atoms with Gasteiger partial charge in [0.1, 0.15) is 11.7 Å². The van der Waals surface area contributed by atoms with Gasteiger partial charge in [0.05, 0.1) is 11.9 Å². The molecule has 0 fully saturated rings. The highest BCUT2D eigenvalue weighted by molar-refractivity contribution is 6.05. The highest BCUT2D eigenvalue weighted by Gasteiger charge is 2.25. The van der Waals surface area contributed by atoms with E-state index in [4.69, 9.17) is 5.10 Å². The van der Waals surface area contributed by atoms with Crippen LogP contribution in [0.2, 0.25) is 0 Å². The molecule has 0 aliphatic rings. The molecule has 1 atom stereocenters. The zero-order valence-corrected chi connectivity index (χ0v) is 18.4. The van der Waals surface area contributed by atoms with E-state index < -0.39 is 12.0 Å². The maximum atomic E-state index is 13.3. The summed E-state index contributed by atoms with van der Waals surface area (Å²) in [7, 11) is 0. The Morgan fingerprint density at radius 3 is 2.21 bits per heavy atom.